The molecule has 0 fully saturated rings. The van der Waals surface area contributed by atoms with Crippen molar-refractivity contribution in [1.29, 1.82) is 0 Å². The third-order valence-corrected chi connectivity index (χ3v) is 7.67. The topological polar surface area (TPSA) is 35.4 Å². The summed E-state index contributed by atoms with van der Waals surface area (Å²) in [6.45, 7) is 4.36. The van der Waals surface area contributed by atoms with Gasteiger partial charge in [0.15, 0.2) is 0 Å². The zero-order valence-electron chi connectivity index (χ0n) is 17.8. The molecule has 162 valence electrons. The summed E-state index contributed by atoms with van der Waals surface area (Å²) in [5, 5.41) is 4.32. The molecule has 0 saturated heterocycles. The molecule has 2 heterocycles. The number of anilines is 1. The second-order valence-electron chi connectivity index (χ2n) is 8.11. The maximum atomic E-state index is 5.96. The lowest BCUT2D eigenvalue weighted by atomic mass is 9.90. The Morgan fingerprint density at radius 3 is 2.22 bits per heavy atom. The number of hydrogen-bond acceptors (Lipinski definition) is 5. The summed E-state index contributed by atoms with van der Waals surface area (Å²) in [6.07, 6.45) is 0. The van der Waals surface area contributed by atoms with Gasteiger partial charge in [0.05, 0.1) is 23.2 Å². The molecule has 0 aliphatic carbocycles. The zero-order chi connectivity index (χ0) is 22.5. The van der Waals surface area contributed by atoms with E-state index >= 15 is 0 Å². The van der Waals surface area contributed by atoms with Crippen LogP contribution in [0.3, 0.4) is 0 Å². The Morgan fingerprint density at radius 1 is 0.938 bits per heavy atom. The van der Waals surface area contributed by atoms with Crippen LogP contribution in [0.25, 0.3) is 16.8 Å². The summed E-state index contributed by atoms with van der Waals surface area (Å²) >= 11 is 13.6. The van der Waals surface area contributed by atoms with Gasteiger partial charge < -0.3 is 14.8 Å². The third-order valence-electron chi connectivity index (χ3n) is 5.44. The van der Waals surface area contributed by atoms with Crippen LogP contribution in [-0.4, -0.2) is 11.1 Å². The molecule has 4 aromatic rings. The summed E-state index contributed by atoms with van der Waals surface area (Å²) in [6, 6.07) is 21.3. The molecule has 0 radical (unpaired) electrons. The molecule has 1 aromatic heterocycles. The Balaban J connectivity index is 1.54. The van der Waals surface area contributed by atoms with E-state index < -0.39 is 0 Å². The van der Waals surface area contributed by atoms with Crippen molar-refractivity contribution in [3.8, 4) is 34.1 Å². The average Bonchev–Trinajstić information content (AvgIpc) is 3.14. The number of halogens is 1. The van der Waals surface area contributed by atoms with Crippen LogP contribution in [-0.2, 0) is 5.54 Å². The van der Waals surface area contributed by atoms with Crippen molar-refractivity contribution in [2.75, 3.05) is 12.4 Å². The molecular weight excluding hydrogens is 460 g/mol. The predicted octanol–water partition coefficient (Wildman–Crippen LogP) is 8.05. The first kappa shape index (κ1) is 21.1. The molecule has 0 saturated carbocycles. The van der Waals surface area contributed by atoms with E-state index in [-0.39, 0.29) is 5.54 Å². The van der Waals surface area contributed by atoms with Crippen molar-refractivity contribution < 1.29 is 9.47 Å². The van der Waals surface area contributed by atoms with Crippen molar-refractivity contribution in [3.05, 3.63) is 81.3 Å². The number of methoxy groups -OCH3 is 1. The average molecular weight is 481 g/mol. The van der Waals surface area contributed by atoms with Crippen LogP contribution in [0, 0.1) is 4.64 Å². The molecule has 32 heavy (non-hydrogen) atoms. The molecule has 1 aliphatic rings. The minimum absolute atomic E-state index is 0.238. The lowest BCUT2D eigenvalue weighted by Crippen LogP contribution is -2.30. The highest BCUT2D eigenvalue weighted by Crippen LogP contribution is 2.48. The monoisotopic (exact) mass is 480 g/mol. The zero-order valence-corrected chi connectivity index (χ0v) is 20.2. The third kappa shape index (κ3) is 3.68. The number of nitrogens with one attached hydrogen (secondary N) is 1. The van der Waals surface area contributed by atoms with E-state index in [9.17, 15) is 0 Å². The molecule has 0 amide bonds. The number of aromatic nitrogens is 1. The predicted molar refractivity (Wildman–Crippen MR) is 135 cm³/mol. The van der Waals surface area contributed by atoms with Crippen LogP contribution in [0.15, 0.2) is 66.7 Å². The molecule has 4 nitrogen and oxygen atoms in total. The van der Waals surface area contributed by atoms with E-state index in [4.69, 9.17) is 33.3 Å². The van der Waals surface area contributed by atoms with Gasteiger partial charge in [0.25, 0.3) is 0 Å². The number of benzene rings is 3. The minimum atomic E-state index is -0.238. The van der Waals surface area contributed by atoms with E-state index in [2.05, 4.69) is 29.2 Å². The van der Waals surface area contributed by atoms with Gasteiger partial charge in [-0.05, 0) is 80.6 Å². The van der Waals surface area contributed by atoms with Gasteiger partial charge in [0.1, 0.15) is 21.9 Å². The van der Waals surface area contributed by atoms with Crippen LogP contribution >= 0.6 is 35.4 Å². The Morgan fingerprint density at radius 2 is 1.56 bits per heavy atom. The summed E-state index contributed by atoms with van der Waals surface area (Å²) < 4.78 is 14.3. The van der Waals surface area contributed by atoms with Crippen molar-refractivity contribution >= 4 is 41.0 Å². The molecule has 0 atom stereocenters. The van der Waals surface area contributed by atoms with Gasteiger partial charge in [0.2, 0.25) is 0 Å². The van der Waals surface area contributed by atoms with Crippen LogP contribution in [0.1, 0.15) is 18.7 Å². The van der Waals surface area contributed by atoms with Crippen molar-refractivity contribution in [2.24, 2.45) is 0 Å². The fraction of sp³-hybridized carbons (Fsp3) is 0.160. The summed E-state index contributed by atoms with van der Waals surface area (Å²) in [5.41, 5.74) is 3.98. The maximum Gasteiger partial charge on any atom is 0.129 e. The lowest BCUT2D eigenvalue weighted by molar-refractivity contribution is 0.415. The highest BCUT2D eigenvalue weighted by atomic mass is 35.5. The number of rotatable bonds is 4. The van der Waals surface area contributed by atoms with Gasteiger partial charge in [-0.2, -0.15) is 0 Å². The Hall–Kier alpha value is -2.80. The standard InChI is InChI=1S/C25H21ClN2O2S2/c1-25(2)23-22(20-14-19(29-3)12-13-21(20)27-25)24(31)28(32-23)16-6-10-18(11-7-16)30-17-8-4-15(26)5-9-17/h4-14,27H,1-3H3. The van der Waals surface area contributed by atoms with Crippen LogP contribution in [0.5, 0.6) is 17.2 Å². The second kappa shape index (κ2) is 7.96. The SMILES string of the molecule is COc1ccc2c(c1)-c1c(sn(-c3ccc(Oc4ccc(Cl)cc4)cc3)c1=S)C(C)(C)N2. The van der Waals surface area contributed by atoms with Gasteiger partial charge in [-0.3, -0.25) is 3.96 Å². The smallest absolute Gasteiger partial charge is 0.129 e. The van der Waals surface area contributed by atoms with Gasteiger partial charge in [-0.25, -0.2) is 0 Å². The number of nitrogens with zero attached hydrogens (tertiary/aromatic N) is 1. The fourth-order valence-electron chi connectivity index (χ4n) is 3.86. The first-order valence-electron chi connectivity index (χ1n) is 10.1. The Bertz CT molecular complexity index is 1360. The molecule has 1 N–H and O–H groups in total. The summed E-state index contributed by atoms with van der Waals surface area (Å²) in [7, 11) is 1.68. The van der Waals surface area contributed by atoms with Crippen LogP contribution in [0.4, 0.5) is 5.69 Å². The molecule has 1 aliphatic heterocycles. The van der Waals surface area contributed by atoms with E-state index in [1.807, 2.05) is 60.7 Å². The van der Waals surface area contributed by atoms with Crippen LogP contribution < -0.4 is 14.8 Å². The Labute approximate surface area is 201 Å². The van der Waals surface area contributed by atoms with E-state index in [0.717, 1.165) is 44.4 Å². The molecular formula is C25H21ClN2O2S2. The minimum Gasteiger partial charge on any atom is -0.497 e. The fourth-order valence-corrected chi connectivity index (χ4v) is 5.64. The van der Waals surface area contributed by atoms with Crippen molar-refractivity contribution in [3.63, 3.8) is 0 Å². The molecule has 5 rings (SSSR count). The van der Waals surface area contributed by atoms with Gasteiger partial charge in [-0.15, -0.1) is 0 Å². The van der Waals surface area contributed by atoms with Gasteiger partial charge >= 0.3 is 0 Å². The molecule has 0 spiro atoms. The first-order chi connectivity index (χ1) is 15.4. The molecule has 0 unspecified atom stereocenters. The van der Waals surface area contributed by atoms with E-state index in [1.165, 1.54) is 4.88 Å². The highest BCUT2D eigenvalue weighted by Gasteiger charge is 2.34. The molecule has 7 heteroatoms. The van der Waals surface area contributed by atoms with Crippen molar-refractivity contribution in [2.45, 2.75) is 19.4 Å². The number of hydrogen-bond donors (Lipinski definition) is 1. The Kier molecular flexibility index (Phi) is 5.24. The lowest BCUT2D eigenvalue weighted by Gasteiger charge is -2.33. The summed E-state index contributed by atoms with van der Waals surface area (Å²) in [4.78, 5) is 1.20. The first-order valence-corrected chi connectivity index (χ1v) is 11.7. The quantitative estimate of drug-likeness (QED) is 0.300. The number of fused-ring (bicyclic) bond motifs is 3. The highest BCUT2D eigenvalue weighted by molar-refractivity contribution is 7.71. The maximum absolute atomic E-state index is 5.96. The van der Waals surface area contributed by atoms with Gasteiger partial charge in [0, 0.05) is 21.8 Å². The van der Waals surface area contributed by atoms with E-state index in [1.54, 1.807) is 18.6 Å². The largest absolute Gasteiger partial charge is 0.497 e. The van der Waals surface area contributed by atoms with Crippen LogP contribution in [0.2, 0.25) is 5.02 Å². The van der Waals surface area contributed by atoms with Crippen molar-refractivity contribution in [1.82, 2.24) is 3.96 Å². The normalized spacial score (nSPS) is 13.6. The van der Waals surface area contributed by atoms with Gasteiger partial charge in [-0.1, -0.05) is 35.4 Å². The molecule has 0 bridgehead atoms. The second-order valence-corrected chi connectivity index (χ2v) is 9.89. The number of ether oxygens (including phenoxy) is 2. The summed E-state index contributed by atoms with van der Waals surface area (Å²) in [5.74, 6) is 2.30. The van der Waals surface area contributed by atoms with E-state index in [0.29, 0.717) is 5.02 Å². The molecule has 3 aromatic carbocycles.